The molecule has 0 radical (unpaired) electrons. The van der Waals surface area contributed by atoms with Gasteiger partial charge in [0.2, 0.25) is 5.95 Å². The van der Waals surface area contributed by atoms with Crippen LogP contribution in [0.25, 0.3) is 11.2 Å². The molecule has 5 heterocycles. The monoisotopic (exact) mass is 667 g/mol. The Morgan fingerprint density at radius 1 is 0.900 bits per heavy atom. The quantitative estimate of drug-likeness (QED) is 0.154. The van der Waals surface area contributed by atoms with Gasteiger partial charge in [0.1, 0.15) is 40.2 Å². The molecule has 0 bridgehead atoms. The molecule has 0 saturated heterocycles. The second-order valence-electron chi connectivity index (χ2n) is 12.9. The Balaban J connectivity index is 1.07. The summed E-state index contributed by atoms with van der Waals surface area (Å²) in [4.78, 5) is 16.2. The fourth-order valence-electron chi connectivity index (χ4n) is 7.08. The van der Waals surface area contributed by atoms with E-state index in [0.717, 1.165) is 35.0 Å². The third kappa shape index (κ3) is 5.70. The minimum Gasteiger partial charge on any atom is -0.497 e. The first-order valence-electron chi connectivity index (χ1n) is 16.7. The van der Waals surface area contributed by atoms with E-state index in [1.54, 1.807) is 32.7 Å². The minimum absolute atomic E-state index is 0.288. The summed E-state index contributed by atoms with van der Waals surface area (Å²) in [5.74, 6) is 4.47. The van der Waals surface area contributed by atoms with E-state index >= 15 is 0 Å². The van der Waals surface area contributed by atoms with Gasteiger partial charge in [-0.2, -0.15) is 15.3 Å². The van der Waals surface area contributed by atoms with E-state index in [0.29, 0.717) is 53.1 Å². The van der Waals surface area contributed by atoms with Crippen LogP contribution >= 0.6 is 0 Å². The van der Waals surface area contributed by atoms with Gasteiger partial charge in [-0.25, -0.2) is 9.97 Å². The number of fused-ring (bicyclic) bond motifs is 3. The highest BCUT2D eigenvalue weighted by Crippen LogP contribution is 2.50. The Labute approximate surface area is 289 Å². The highest BCUT2D eigenvalue weighted by atomic mass is 16.5. The molecule has 1 aliphatic carbocycles. The number of aryl methyl sites for hydroxylation is 2. The lowest BCUT2D eigenvalue weighted by atomic mass is 9.66. The van der Waals surface area contributed by atoms with Crippen LogP contribution < -0.4 is 24.4 Å². The van der Waals surface area contributed by atoms with Crippen molar-refractivity contribution in [3.05, 3.63) is 102 Å². The average molecular weight is 668 g/mol. The summed E-state index contributed by atoms with van der Waals surface area (Å²) in [5.41, 5.74) is 5.14. The summed E-state index contributed by atoms with van der Waals surface area (Å²) in [6, 6.07) is 24.1. The number of anilines is 3. The number of aromatic nitrogens is 6. The summed E-state index contributed by atoms with van der Waals surface area (Å²) in [5, 5.41) is 18.5. The van der Waals surface area contributed by atoms with E-state index in [4.69, 9.17) is 29.3 Å². The van der Waals surface area contributed by atoms with Crippen LogP contribution in [0.5, 0.6) is 23.0 Å². The minimum atomic E-state index is 0.288. The summed E-state index contributed by atoms with van der Waals surface area (Å²) in [6.07, 6.45) is 8.16. The summed E-state index contributed by atoms with van der Waals surface area (Å²) in [6.45, 7) is 2.13. The number of nitriles is 1. The Morgan fingerprint density at radius 3 is 2.22 bits per heavy atom. The molecule has 1 fully saturated rings. The lowest BCUT2D eigenvalue weighted by Gasteiger charge is -2.37. The zero-order valence-corrected chi connectivity index (χ0v) is 28.3. The van der Waals surface area contributed by atoms with Gasteiger partial charge in [-0.15, -0.1) is 0 Å². The van der Waals surface area contributed by atoms with Gasteiger partial charge in [0.25, 0.3) is 0 Å². The molecule has 50 heavy (non-hydrogen) atoms. The molecule has 1 aliphatic heterocycles. The molecule has 6 aromatic rings. The summed E-state index contributed by atoms with van der Waals surface area (Å²) >= 11 is 0. The van der Waals surface area contributed by atoms with Crippen LogP contribution in [0.1, 0.15) is 48.1 Å². The van der Waals surface area contributed by atoms with Crippen molar-refractivity contribution in [1.29, 1.82) is 5.26 Å². The van der Waals surface area contributed by atoms with Gasteiger partial charge in [-0.1, -0.05) is 30.7 Å². The van der Waals surface area contributed by atoms with Crippen LogP contribution in [-0.2, 0) is 32.1 Å². The van der Waals surface area contributed by atoms with Crippen molar-refractivity contribution < 1.29 is 14.2 Å². The van der Waals surface area contributed by atoms with Crippen LogP contribution in [0.3, 0.4) is 0 Å². The van der Waals surface area contributed by atoms with Gasteiger partial charge in [0.15, 0.2) is 17.2 Å². The molecule has 1 N–H and O–H groups in total. The molecular weight excluding hydrogens is 630 g/mol. The first kappa shape index (κ1) is 31.2. The van der Waals surface area contributed by atoms with Crippen molar-refractivity contribution in [3.63, 3.8) is 0 Å². The molecule has 4 aromatic heterocycles. The molecule has 0 atom stereocenters. The van der Waals surface area contributed by atoms with Crippen molar-refractivity contribution in [2.75, 3.05) is 24.4 Å². The maximum Gasteiger partial charge on any atom is 0.210 e. The lowest BCUT2D eigenvalue weighted by molar-refractivity contribution is 0.244. The first-order valence-corrected chi connectivity index (χ1v) is 16.7. The number of rotatable bonds is 11. The van der Waals surface area contributed by atoms with Gasteiger partial charge in [-0.05, 0) is 60.7 Å². The number of benzene rings is 2. The van der Waals surface area contributed by atoms with Gasteiger partial charge in [0, 0.05) is 56.1 Å². The molecule has 12 heteroatoms. The summed E-state index contributed by atoms with van der Waals surface area (Å²) < 4.78 is 21.0. The Hall–Kier alpha value is -6.09. The number of hydrogen-bond acceptors (Lipinski definition) is 10. The van der Waals surface area contributed by atoms with Crippen molar-refractivity contribution in [3.8, 4) is 29.1 Å². The van der Waals surface area contributed by atoms with Crippen LogP contribution in [0.2, 0.25) is 0 Å². The predicted octanol–water partition coefficient (Wildman–Crippen LogP) is 7.02. The second-order valence-corrected chi connectivity index (χ2v) is 12.9. The van der Waals surface area contributed by atoms with Crippen LogP contribution in [0, 0.1) is 11.3 Å². The Bertz CT molecular complexity index is 2160. The average Bonchev–Trinajstić information content (AvgIpc) is 3.80. The normalized spacial score (nSPS) is 14.2. The lowest BCUT2D eigenvalue weighted by Crippen LogP contribution is -2.31. The van der Waals surface area contributed by atoms with Crippen molar-refractivity contribution in [2.24, 2.45) is 7.05 Å². The van der Waals surface area contributed by atoms with Crippen LogP contribution in [0.4, 0.5) is 17.6 Å². The predicted molar refractivity (Wildman–Crippen MR) is 189 cm³/mol. The number of nitrogens with zero attached hydrogens (tertiary/aromatic N) is 8. The Kier molecular flexibility index (Phi) is 7.95. The first-order chi connectivity index (χ1) is 24.4. The number of pyridine rings is 2. The van der Waals surface area contributed by atoms with E-state index in [1.165, 1.54) is 31.4 Å². The fourth-order valence-corrected chi connectivity index (χ4v) is 7.08. The number of imidazole rings is 1. The van der Waals surface area contributed by atoms with E-state index in [2.05, 4.69) is 32.0 Å². The van der Waals surface area contributed by atoms with Crippen molar-refractivity contribution >= 4 is 28.7 Å². The van der Waals surface area contributed by atoms with Crippen molar-refractivity contribution in [1.82, 2.24) is 29.3 Å². The maximum absolute atomic E-state index is 10.4. The number of hydrogen-bond donors (Lipinski definition) is 1. The molecule has 2 aliphatic rings. The van der Waals surface area contributed by atoms with Crippen LogP contribution in [-0.4, -0.2) is 43.5 Å². The Morgan fingerprint density at radius 2 is 1.60 bits per heavy atom. The standard InChI is InChI=1S/C38H37N9O3/c1-45-35-30(21-39)31(22-41-36(35)43-37(45)42-33-20-32-38(14-4-15-38)16-18-47(32)44-33)50-29-13-17-40-34(19-29)46(23-25-5-9-27(48-2)10-6-25)24-26-7-11-28(49-3)12-8-26/h5-13,17,19-20,22H,4,14-16,18,23-24H2,1-3H3,(H,41,42,43,44). The van der Waals surface area contributed by atoms with Gasteiger partial charge >= 0.3 is 0 Å². The third-order valence-electron chi connectivity index (χ3n) is 9.99. The molecule has 1 spiro atoms. The van der Waals surface area contributed by atoms with E-state index in [9.17, 15) is 5.26 Å². The molecule has 0 unspecified atom stereocenters. The highest BCUT2D eigenvalue weighted by molar-refractivity contribution is 5.84. The van der Waals surface area contributed by atoms with Crippen molar-refractivity contribution in [2.45, 2.75) is 50.7 Å². The van der Waals surface area contributed by atoms with Gasteiger partial charge in [-0.3, -0.25) is 4.68 Å². The van der Waals surface area contributed by atoms with Crippen LogP contribution in [0.15, 0.2) is 79.1 Å². The largest absolute Gasteiger partial charge is 0.497 e. The van der Waals surface area contributed by atoms with E-state index in [1.807, 2.05) is 66.2 Å². The zero-order chi connectivity index (χ0) is 34.2. The highest BCUT2D eigenvalue weighted by Gasteiger charge is 2.45. The smallest absolute Gasteiger partial charge is 0.210 e. The number of ether oxygens (including phenoxy) is 3. The second kappa shape index (κ2) is 12.7. The summed E-state index contributed by atoms with van der Waals surface area (Å²) in [7, 11) is 5.18. The third-order valence-corrected chi connectivity index (χ3v) is 9.99. The number of nitrogens with one attached hydrogen (secondary N) is 1. The van der Waals surface area contributed by atoms with Gasteiger partial charge in [0.05, 0.1) is 20.4 Å². The molecular formula is C38H37N9O3. The molecule has 12 nitrogen and oxygen atoms in total. The molecule has 8 rings (SSSR count). The topological polar surface area (TPSA) is 128 Å². The van der Waals surface area contributed by atoms with Gasteiger partial charge < -0.3 is 29.0 Å². The van der Waals surface area contributed by atoms with E-state index in [-0.39, 0.29) is 5.41 Å². The molecule has 0 amide bonds. The SMILES string of the molecule is COc1ccc(CN(Cc2ccc(OC)cc2)c2cc(Oc3cnc4nc(Nc5cc6n(n5)CCC65CCC5)n(C)c4c3C#N)ccn2)cc1. The van der Waals surface area contributed by atoms with E-state index < -0.39 is 0 Å². The molecule has 1 saturated carbocycles. The molecule has 252 valence electrons. The fraction of sp³-hybridized carbons (Fsp3) is 0.289. The number of methoxy groups -OCH3 is 2. The maximum atomic E-state index is 10.4. The molecule has 2 aromatic carbocycles. The zero-order valence-electron chi connectivity index (χ0n) is 28.3.